The lowest BCUT2D eigenvalue weighted by Crippen LogP contribution is -2.27. The topological polar surface area (TPSA) is 65.5 Å². The zero-order valence-electron chi connectivity index (χ0n) is 11.5. The van der Waals surface area contributed by atoms with E-state index in [1.807, 2.05) is 11.7 Å². The van der Waals surface area contributed by atoms with Gasteiger partial charge in [-0.1, -0.05) is 6.92 Å². The van der Waals surface area contributed by atoms with Crippen LogP contribution in [-0.2, 0) is 22.9 Å². The minimum absolute atomic E-state index is 0.0781. The molecule has 1 aliphatic heterocycles. The third kappa shape index (κ3) is 2.06. The average Bonchev–Trinajstić information content (AvgIpc) is 2.89. The molecule has 2 N–H and O–H groups in total. The van der Waals surface area contributed by atoms with E-state index < -0.39 is 0 Å². The highest BCUT2D eigenvalue weighted by atomic mass is 16.5. The maximum absolute atomic E-state index is 6.16. The lowest BCUT2D eigenvalue weighted by atomic mass is 10.3. The third-order valence-electron chi connectivity index (χ3n) is 3.58. The van der Waals surface area contributed by atoms with Crippen LogP contribution in [0.15, 0.2) is 0 Å². The summed E-state index contributed by atoms with van der Waals surface area (Å²) in [6.07, 6.45) is 0.998. The Morgan fingerprint density at radius 2 is 1.83 bits per heavy atom. The van der Waals surface area contributed by atoms with Crippen molar-refractivity contribution in [3.63, 3.8) is 0 Å². The number of nitrogen functional groups attached to an aromatic ring is 1. The number of rotatable bonds is 4. The maximum atomic E-state index is 6.16. The van der Waals surface area contributed by atoms with Gasteiger partial charge in [0, 0.05) is 34.4 Å². The molecule has 18 heavy (non-hydrogen) atoms. The second-order valence-corrected chi connectivity index (χ2v) is 4.61. The molecule has 1 aromatic rings. The van der Waals surface area contributed by atoms with Gasteiger partial charge in [-0.25, -0.2) is 0 Å². The average molecular weight is 254 g/mol. The Labute approximate surface area is 108 Å². The molecule has 1 aliphatic rings. The first-order chi connectivity index (χ1) is 8.62. The van der Waals surface area contributed by atoms with Crippen LogP contribution in [0.25, 0.3) is 0 Å². The molecule has 0 amide bonds. The van der Waals surface area contributed by atoms with Crippen LogP contribution in [-0.4, -0.2) is 49.3 Å². The molecule has 0 bridgehead atoms. The van der Waals surface area contributed by atoms with Gasteiger partial charge in [0.2, 0.25) is 0 Å². The highest BCUT2D eigenvalue weighted by molar-refractivity contribution is 5.67. The summed E-state index contributed by atoms with van der Waals surface area (Å²) in [6, 6.07) is 0. The van der Waals surface area contributed by atoms with E-state index in [-0.39, 0.29) is 12.2 Å². The largest absolute Gasteiger partial charge is 0.394 e. The Morgan fingerprint density at radius 3 is 2.22 bits per heavy atom. The first-order valence-corrected chi connectivity index (χ1v) is 6.24. The number of aryl methyl sites for hydroxylation is 2. The van der Waals surface area contributed by atoms with Crippen LogP contribution < -0.4 is 10.6 Å². The second-order valence-electron chi connectivity index (χ2n) is 4.61. The summed E-state index contributed by atoms with van der Waals surface area (Å²) in [5.74, 6) is 0.966. The van der Waals surface area contributed by atoms with Crippen LogP contribution in [0.2, 0.25) is 0 Å². The summed E-state index contributed by atoms with van der Waals surface area (Å²) in [5.41, 5.74) is 7.88. The molecule has 1 fully saturated rings. The van der Waals surface area contributed by atoms with Crippen LogP contribution >= 0.6 is 0 Å². The molecule has 2 rings (SSSR count). The Morgan fingerprint density at radius 1 is 1.28 bits per heavy atom. The molecule has 0 spiro atoms. The predicted octanol–water partition coefficient (Wildman–Crippen LogP) is 0.415. The predicted molar refractivity (Wildman–Crippen MR) is 70.8 cm³/mol. The third-order valence-corrected chi connectivity index (χ3v) is 3.58. The first-order valence-electron chi connectivity index (χ1n) is 6.24. The normalized spacial score (nSPS) is 23.9. The lowest BCUT2D eigenvalue weighted by molar-refractivity contribution is -0.00461. The van der Waals surface area contributed by atoms with Gasteiger partial charge in [-0.15, -0.1) is 0 Å². The fraction of sp³-hybridized carbons (Fsp3) is 0.750. The fourth-order valence-electron chi connectivity index (χ4n) is 2.59. The molecule has 0 saturated carbocycles. The smallest absolute Gasteiger partial charge is 0.150 e. The van der Waals surface area contributed by atoms with Gasteiger partial charge in [-0.05, 0) is 6.42 Å². The van der Waals surface area contributed by atoms with E-state index in [1.54, 1.807) is 14.2 Å². The summed E-state index contributed by atoms with van der Waals surface area (Å²) >= 11 is 0. The maximum Gasteiger partial charge on any atom is 0.150 e. The van der Waals surface area contributed by atoms with E-state index in [9.17, 15) is 0 Å². The number of nitrogens with two attached hydrogens (primary N) is 1. The van der Waals surface area contributed by atoms with E-state index in [2.05, 4.69) is 16.9 Å². The summed E-state index contributed by atoms with van der Waals surface area (Å²) < 4.78 is 12.7. The van der Waals surface area contributed by atoms with Gasteiger partial charge in [0.1, 0.15) is 12.2 Å². The number of aromatic nitrogens is 2. The van der Waals surface area contributed by atoms with Gasteiger partial charge in [-0.3, -0.25) is 4.68 Å². The van der Waals surface area contributed by atoms with E-state index >= 15 is 0 Å². The molecule has 2 atom stereocenters. The quantitative estimate of drug-likeness (QED) is 0.843. The van der Waals surface area contributed by atoms with Crippen molar-refractivity contribution in [1.82, 2.24) is 9.78 Å². The van der Waals surface area contributed by atoms with Crippen LogP contribution in [0.1, 0.15) is 12.6 Å². The molecule has 6 heteroatoms. The SMILES string of the molecule is CCc1nn(C)c(N2CC(OC)C(OC)C2)c1N. The molecular formula is C12H22N4O2. The van der Waals surface area contributed by atoms with Gasteiger partial charge in [-0.2, -0.15) is 5.10 Å². The van der Waals surface area contributed by atoms with Crippen LogP contribution in [0.4, 0.5) is 11.5 Å². The molecule has 6 nitrogen and oxygen atoms in total. The first kappa shape index (κ1) is 13.2. The van der Waals surface area contributed by atoms with Crippen LogP contribution in [0.5, 0.6) is 0 Å². The van der Waals surface area contributed by atoms with E-state index in [0.717, 1.165) is 36.7 Å². The molecule has 0 radical (unpaired) electrons. The van der Waals surface area contributed by atoms with Gasteiger partial charge in [0.05, 0.1) is 11.4 Å². The van der Waals surface area contributed by atoms with Crippen molar-refractivity contribution in [3.05, 3.63) is 5.69 Å². The number of hydrogen-bond acceptors (Lipinski definition) is 5. The molecule has 102 valence electrons. The number of anilines is 2. The lowest BCUT2D eigenvalue weighted by Gasteiger charge is -2.18. The Bertz CT molecular complexity index is 406. The monoisotopic (exact) mass is 254 g/mol. The Balaban J connectivity index is 2.25. The molecule has 1 aromatic heterocycles. The number of ether oxygens (including phenoxy) is 2. The second kappa shape index (κ2) is 5.16. The summed E-state index contributed by atoms with van der Waals surface area (Å²) in [6.45, 7) is 3.62. The van der Waals surface area contributed by atoms with Crippen molar-refractivity contribution in [2.45, 2.75) is 25.6 Å². The minimum atomic E-state index is 0.0781. The van der Waals surface area contributed by atoms with E-state index in [4.69, 9.17) is 15.2 Å². The molecule has 2 heterocycles. The minimum Gasteiger partial charge on any atom is -0.394 e. The van der Waals surface area contributed by atoms with Crippen molar-refractivity contribution in [3.8, 4) is 0 Å². The summed E-state index contributed by atoms with van der Waals surface area (Å²) in [7, 11) is 5.35. The number of methoxy groups -OCH3 is 2. The fourth-order valence-corrected chi connectivity index (χ4v) is 2.59. The Hall–Kier alpha value is -1.27. The van der Waals surface area contributed by atoms with E-state index in [0.29, 0.717) is 0 Å². The molecule has 0 aromatic carbocycles. The van der Waals surface area contributed by atoms with Crippen molar-refractivity contribution in [2.24, 2.45) is 7.05 Å². The molecule has 1 saturated heterocycles. The molecular weight excluding hydrogens is 232 g/mol. The van der Waals surface area contributed by atoms with Gasteiger partial charge in [0.25, 0.3) is 0 Å². The van der Waals surface area contributed by atoms with Crippen molar-refractivity contribution in [2.75, 3.05) is 37.9 Å². The van der Waals surface area contributed by atoms with Gasteiger partial charge >= 0.3 is 0 Å². The van der Waals surface area contributed by atoms with Gasteiger partial charge < -0.3 is 20.1 Å². The van der Waals surface area contributed by atoms with E-state index in [1.165, 1.54) is 0 Å². The highest BCUT2D eigenvalue weighted by Crippen LogP contribution is 2.30. The summed E-state index contributed by atoms with van der Waals surface area (Å²) in [5, 5.41) is 4.44. The van der Waals surface area contributed by atoms with Crippen LogP contribution in [0.3, 0.4) is 0 Å². The highest BCUT2D eigenvalue weighted by Gasteiger charge is 2.35. The number of hydrogen-bond donors (Lipinski definition) is 1. The Kier molecular flexibility index (Phi) is 3.77. The van der Waals surface area contributed by atoms with Gasteiger partial charge in [0.15, 0.2) is 5.82 Å². The molecule has 2 unspecified atom stereocenters. The van der Waals surface area contributed by atoms with Crippen molar-refractivity contribution < 1.29 is 9.47 Å². The zero-order chi connectivity index (χ0) is 13.3. The molecule has 0 aliphatic carbocycles. The zero-order valence-corrected chi connectivity index (χ0v) is 11.5. The van der Waals surface area contributed by atoms with Crippen molar-refractivity contribution >= 4 is 11.5 Å². The standard InChI is InChI=1S/C12H22N4O2/c1-5-8-11(13)12(15(2)14-8)16-6-9(17-3)10(7-16)18-4/h9-10H,5-7,13H2,1-4H3. The van der Waals surface area contributed by atoms with Crippen LogP contribution in [0, 0.1) is 0 Å². The van der Waals surface area contributed by atoms with Crippen molar-refractivity contribution in [1.29, 1.82) is 0 Å². The number of nitrogens with zero attached hydrogens (tertiary/aromatic N) is 3. The summed E-state index contributed by atoms with van der Waals surface area (Å²) in [4.78, 5) is 2.18.